The number of carbonyl (C=O) groups is 1. The second kappa shape index (κ2) is 6.97. The van der Waals surface area contributed by atoms with Crippen LogP contribution in [0.4, 0.5) is 19.0 Å². The van der Waals surface area contributed by atoms with Crippen LogP contribution < -0.4 is 10.2 Å². The maximum absolute atomic E-state index is 12.5. The molecule has 1 aliphatic rings. The Labute approximate surface area is 148 Å². The first-order valence-electron chi connectivity index (χ1n) is 8.28. The van der Waals surface area contributed by atoms with E-state index in [1.165, 1.54) is 6.07 Å². The first-order valence-corrected chi connectivity index (χ1v) is 8.28. The summed E-state index contributed by atoms with van der Waals surface area (Å²) in [6, 6.07) is 3.96. The monoisotopic (exact) mass is 368 g/mol. The standard InChI is InChI=1S/C17H19F3N4O2/c1-10-9-13(11(2)26-10)16(25)21-12-5-7-24(8-6-12)15-4-3-14(22-23-15)17(18,19)20/h3-4,9,12H,5-8H2,1-2H3,(H,21,25). The van der Waals surface area contributed by atoms with E-state index in [4.69, 9.17) is 4.42 Å². The highest BCUT2D eigenvalue weighted by Crippen LogP contribution is 2.28. The van der Waals surface area contributed by atoms with Gasteiger partial charge in [0.2, 0.25) is 0 Å². The number of furan rings is 1. The van der Waals surface area contributed by atoms with E-state index in [9.17, 15) is 18.0 Å². The van der Waals surface area contributed by atoms with Gasteiger partial charge < -0.3 is 14.6 Å². The van der Waals surface area contributed by atoms with Crippen molar-refractivity contribution in [3.8, 4) is 0 Å². The van der Waals surface area contributed by atoms with Gasteiger partial charge in [0.15, 0.2) is 11.5 Å². The van der Waals surface area contributed by atoms with Gasteiger partial charge in [-0.15, -0.1) is 10.2 Å². The topological polar surface area (TPSA) is 71.3 Å². The lowest BCUT2D eigenvalue weighted by Crippen LogP contribution is -2.45. The molecule has 1 N–H and O–H groups in total. The van der Waals surface area contributed by atoms with E-state index in [0.29, 0.717) is 48.8 Å². The molecule has 0 unspecified atom stereocenters. The Morgan fingerprint density at radius 2 is 1.92 bits per heavy atom. The van der Waals surface area contributed by atoms with Crippen molar-refractivity contribution in [1.82, 2.24) is 15.5 Å². The number of hydrogen-bond acceptors (Lipinski definition) is 5. The predicted octanol–water partition coefficient (Wildman–Crippen LogP) is 3.10. The van der Waals surface area contributed by atoms with Gasteiger partial charge in [0, 0.05) is 19.1 Å². The molecule has 2 aromatic rings. The molecule has 0 atom stereocenters. The average molecular weight is 368 g/mol. The summed E-state index contributed by atoms with van der Waals surface area (Å²) < 4.78 is 43.0. The van der Waals surface area contributed by atoms with Crippen LogP contribution in [0.5, 0.6) is 0 Å². The lowest BCUT2D eigenvalue weighted by molar-refractivity contribution is -0.141. The molecule has 0 bridgehead atoms. The number of aromatic nitrogens is 2. The zero-order valence-electron chi connectivity index (χ0n) is 14.4. The molecule has 0 spiro atoms. The van der Waals surface area contributed by atoms with Crippen molar-refractivity contribution in [3.05, 3.63) is 41.0 Å². The smallest absolute Gasteiger partial charge is 0.435 e. The number of nitrogens with zero attached hydrogens (tertiary/aromatic N) is 3. The van der Waals surface area contributed by atoms with Crippen LogP contribution in [-0.2, 0) is 6.18 Å². The Hall–Kier alpha value is -2.58. The zero-order chi connectivity index (χ0) is 18.9. The molecular formula is C17H19F3N4O2. The minimum Gasteiger partial charge on any atom is -0.466 e. The van der Waals surface area contributed by atoms with E-state index in [0.717, 1.165) is 6.07 Å². The lowest BCUT2D eigenvalue weighted by atomic mass is 10.0. The number of hydrogen-bond donors (Lipinski definition) is 1. The fourth-order valence-corrected chi connectivity index (χ4v) is 3.02. The summed E-state index contributed by atoms with van der Waals surface area (Å²) in [5.74, 6) is 1.50. The molecule has 0 radical (unpaired) electrons. The molecule has 1 aliphatic heterocycles. The number of rotatable bonds is 3. The van der Waals surface area contributed by atoms with Gasteiger partial charge >= 0.3 is 6.18 Å². The van der Waals surface area contributed by atoms with E-state index < -0.39 is 11.9 Å². The molecule has 0 aromatic carbocycles. The molecule has 26 heavy (non-hydrogen) atoms. The summed E-state index contributed by atoms with van der Waals surface area (Å²) in [6.45, 7) is 4.68. The summed E-state index contributed by atoms with van der Waals surface area (Å²) in [7, 11) is 0. The molecule has 3 rings (SSSR count). The van der Waals surface area contributed by atoms with Crippen molar-refractivity contribution in [1.29, 1.82) is 0 Å². The highest BCUT2D eigenvalue weighted by atomic mass is 19.4. The number of halogens is 3. The van der Waals surface area contributed by atoms with Crippen LogP contribution in [0, 0.1) is 13.8 Å². The minimum atomic E-state index is -4.49. The lowest BCUT2D eigenvalue weighted by Gasteiger charge is -2.32. The van der Waals surface area contributed by atoms with Crippen LogP contribution in [0.3, 0.4) is 0 Å². The van der Waals surface area contributed by atoms with Crippen LogP contribution in [0.1, 0.15) is 40.4 Å². The third kappa shape index (κ3) is 3.97. The molecule has 6 nitrogen and oxygen atoms in total. The SMILES string of the molecule is Cc1cc(C(=O)NC2CCN(c3ccc(C(F)(F)F)nn3)CC2)c(C)o1. The first kappa shape index (κ1) is 18.2. The maximum atomic E-state index is 12.5. The number of nitrogens with one attached hydrogen (secondary N) is 1. The minimum absolute atomic E-state index is 0.00392. The van der Waals surface area contributed by atoms with Gasteiger partial charge in [-0.05, 0) is 44.9 Å². The third-order valence-electron chi connectivity index (χ3n) is 4.38. The fourth-order valence-electron chi connectivity index (χ4n) is 3.02. The van der Waals surface area contributed by atoms with Gasteiger partial charge in [0.1, 0.15) is 11.5 Å². The maximum Gasteiger partial charge on any atom is 0.435 e. The molecule has 3 heterocycles. The molecule has 1 amide bonds. The second-order valence-electron chi connectivity index (χ2n) is 6.34. The summed E-state index contributed by atoms with van der Waals surface area (Å²) in [4.78, 5) is 14.2. The van der Waals surface area contributed by atoms with E-state index in [1.807, 2.05) is 4.90 Å². The predicted molar refractivity (Wildman–Crippen MR) is 87.9 cm³/mol. The summed E-state index contributed by atoms with van der Waals surface area (Å²) in [5.41, 5.74) is -0.479. The molecule has 1 saturated heterocycles. The molecule has 9 heteroatoms. The first-order chi connectivity index (χ1) is 12.2. The Bertz CT molecular complexity index is 778. The van der Waals surface area contributed by atoms with Gasteiger partial charge in [-0.1, -0.05) is 0 Å². The third-order valence-corrected chi connectivity index (χ3v) is 4.38. The number of carbonyl (C=O) groups excluding carboxylic acids is 1. The van der Waals surface area contributed by atoms with Crippen molar-refractivity contribution in [2.45, 2.75) is 38.9 Å². The molecular weight excluding hydrogens is 349 g/mol. The van der Waals surface area contributed by atoms with E-state index in [1.54, 1.807) is 19.9 Å². The Balaban J connectivity index is 1.56. The van der Waals surface area contributed by atoms with Crippen molar-refractivity contribution >= 4 is 11.7 Å². The van der Waals surface area contributed by atoms with Crippen molar-refractivity contribution in [3.63, 3.8) is 0 Å². The van der Waals surface area contributed by atoms with Gasteiger partial charge in [-0.2, -0.15) is 13.2 Å². The largest absolute Gasteiger partial charge is 0.466 e. The van der Waals surface area contributed by atoms with E-state index >= 15 is 0 Å². The van der Waals surface area contributed by atoms with Crippen molar-refractivity contribution in [2.75, 3.05) is 18.0 Å². The molecule has 2 aromatic heterocycles. The number of aryl methyl sites for hydroxylation is 2. The second-order valence-corrected chi connectivity index (χ2v) is 6.34. The fraction of sp³-hybridized carbons (Fsp3) is 0.471. The highest BCUT2D eigenvalue weighted by molar-refractivity contribution is 5.95. The van der Waals surface area contributed by atoms with E-state index in [2.05, 4.69) is 15.5 Å². The number of alkyl halides is 3. The Kier molecular flexibility index (Phi) is 4.88. The Morgan fingerprint density at radius 3 is 2.42 bits per heavy atom. The number of amides is 1. The van der Waals surface area contributed by atoms with Crippen LogP contribution in [0.25, 0.3) is 0 Å². The quantitative estimate of drug-likeness (QED) is 0.901. The van der Waals surface area contributed by atoms with Gasteiger partial charge in [0.25, 0.3) is 5.91 Å². The normalized spacial score (nSPS) is 16.0. The average Bonchev–Trinajstić information content (AvgIpc) is 2.93. The van der Waals surface area contributed by atoms with Crippen LogP contribution in [-0.4, -0.2) is 35.2 Å². The summed E-state index contributed by atoms with van der Waals surface area (Å²) in [6.07, 6.45) is -3.15. The van der Waals surface area contributed by atoms with E-state index in [-0.39, 0.29) is 11.9 Å². The van der Waals surface area contributed by atoms with Crippen LogP contribution >= 0.6 is 0 Å². The van der Waals surface area contributed by atoms with Crippen LogP contribution in [0.2, 0.25) is 0 Å². The zero-order valence-corrected chi connectivity index (χ0v) is 14.4. The summed E-state index contributed by atoms with van der Waals surface area (Å²) >= 11 is 0. The molecule has 140 valence electrons. The van der Waals surface area contributed by atoms with Crippen molar-refractivity contribution in [2.24, 2.45) is 0 Å². The number of anilines is 1. The Morgan fingerprint density at radius 1 is 1.23 bits per heavy atom. The molecule has 0 saturated carbocycles. The van der Waals surface area contributed by atoms with Gasteiger partial charge in [0.05, 0.1) is 5.56 Å². The summed E-state index contributed by atoms with van der Waals surface area (Å²) in [5, 5.41) is 9.90. The number of piperidine rings is 1. The molecule has 1 fully saturated rings. The van der Waals surface area contributed by atoms with Crippen LogP contribution in [0.15, 0.2) is 22.6 Å². The molecule has 0 aliphatic carbocycles. The van der Waals surface area contributed by atoms with Crippen molar-refractivity contribution < 1.29 is 22.4 Å². The van der Waals surface area contributed by atoms with Gasteiger partial charge in [-0.25, -0.2) is 0 Å². The highest BCUT2D eigenvalue weighted by Gasteiger charge is 2.33. The van der Waals surface area contributed by atoms with Gasteiger partial charge in [-0.3, -0.25) is 4.79 Å².